The summed E-state index contributed by atoms with van der Waals surface area (Å²) < 4.78 is 34.3. The molecule has 36 heavy (non-hydrogen) atoms. The first kappa shape index (κ1) is 25.0. The van der Waals surface area contributed by atoms with Gasteiger partial charge in [-0.05, 0) is 60.2 Å². The summed E-state index contributed by atoms with van der Waals surface area (Å²) in [5.41, 5.74) is 3.41. The number of carboxylic acids is 1. The first-order valence-corrected chi connectivity index (χ1v) is 13.1. The maximum Gasteiger partial charge on any atom is 0.335 e. The topological polar surface area (TPSA) is 92.7 Å². The average Bonchev–Trinajstić information content (AvgIpc) is 2.89. The monoisotopic (exact) mass is 501 g/mol. The van der Waals surface area contributed by atoms with Crippen LogP contribution in [0.1, 0.15) is 33.5 Å². The molecule has 0 aliphatic carbocycles. The number of nitrogens with one attached hydrogen (secondary N) is 1. The van der Waals surface area contributed by atoms with Gasteiger partial charge in [0, 0.05) is 6.07 Å². The molecule has 0 saturated heterocycles. The van der Waals surface area contributed by atoms with E-state index < -0.39 is 16.0 Å². The van der Waals surface area contributed by atoms with E-state index in [9.17, 15) is 18.3 Å². The first-order chi connectivity index (χ1) is 17.4. The summed E-state index contributed by atoms with van der Waals surface area (Å²) in [7, 11) is -3.74. The summed E-state index contributed by atoms with van der Waals surface area (Å²) in [6.07, 6.45) is 1.95. The van der Waals surface area contributed by atoms with E-state index in [4.69, 9.17) is 4.74 Å². The van der Waals surface area contributed by atoms with E-state index >= 15 is 0 Å². The summed E-state index contributed by atoms with van der Waals surface area (Å²) in [4.78, 5) is 11.7. The predicted molar refractivity (Wildman–Crippen MR) is 140 cm³/mol. The Morgan fingerprint density at radius 2 is 1.42 bits per heavy atom. The van der Waals surface area contributed by atoms with Crippen LogP contribution in [-0.4, -0.2) is 19.5 Å². The van der Waals surface area contributed by atoms with Crippen LogP contribution < -0.4 is 9.46 Å². The van der Waals surface area contributed by atoms with Crippen molar-refractivity contribution < 1.29 is 23.1 Å². The van der Waals surface area contributed by atoms with Crippen LogP contribution in [0, 0.1) is 0 Å². The molecule has 0 saturated carbocycles. The van der Waals surface area contributed by atoms with Gasteiger partial charge in [-0.25, -0.2) is 13.2 Å². The highest BCUT2D eigenvalue weighted by molar-refractivity contribution is 7.92. The van der Waals surface area contributed by atoms with E-state index in [0.717, 1.165) is 16.7 Å². The molecule has 7 heteroatoms. The van der Waals surface area contributed by atoms with Gasteiger partial charge in [-0.1, -0.05) is 72.8 Å². The Balaban J connectivity index is 1.53. The fourth-order valence-electron chi connectivity index (χ4n) is 3.92. The van der Waals surface area contributed by atoms with Crippen LogP contribution >= 0.6 is 0 Å². The standard InChI is InChI=1S/C29H27NO5S/c31-29(32)27-17-8-7-12-23(27)13-9-14-24-18-19-25(30-36(33,34)26-15-5-2-6-16-26)20-28(24)35-21-22-10-3-1-4-11-22/h1-8,10-12,15-20,30H,9,13-14,21H2,(H,31,32). The number of aromatic carboxylic acids is 1. The Morgan fingerprint density at radius 1 is 0.778 bits per heavy atom. The number of ether oxygens (including phenoxy) is 1. The number of benzene rings is 4. The molecule has 2 N–H and O–H groups in total. The minimum absolute atomic E-state index is 0.179. The van der Waals surface area contributed by atoms with Crippen LogP contribution in [0.25, 0.3) is 0 Å². The minimum Gasteiger partial charge on any atom is -0.489 e. The number of sulfonamides is 1. The summed E-state index contributed by atoms with van der Waals surface area (Å²) in [5.74, 6) is -0.355. The zero-order chi connectivity index (χ0) is 25.4. The van der Waals surface area contributed by atoms with Gasteiger partial charge in [-0.3, -0.25) is 4.72 Å². The molecule has 4 aromatic carbocycles. The fraction of sp³-hybridized carbons (Fsp3) is 0.138. The summed E-state index contributed by atoms with van der Waals surface area (Å²) in [6, 6.07) is 30.2. The summed E-state index contributed by atoms with van der Waals surface area (Å²) in [6.45, 7) is 0.338. The highest BCUT2D eigenvalue weighted by Crippen LogP contribution is 2.28. The highest BCUT2D eigenvalue weighted by atomic mass is 32.2. The molecule has 0 fully saturated rings. The molecule has 0 aliphatic rings. The lowest BCUT2D eigenvalue weighted by atomic mass is 9.99. The van der Waals surface area contributed by atoms with Gasteiger partial charge in [-0.2, -0.15) is 0 Å². The summed E-state index contributed by atoms with van der Waals surface area (Å²) >= 11 is 0. The average molecular weight is 502 g/mol. The lowest BCUT2D eigenvalue weighted by molar-refractivity contribution is 0.0695. The second-order valence-electron chi connectivity index (χ2n) is 8.33. The van der Waals surface area contributed by atoms with E-state index in [1.54, 1.807) is 54.6 Å². The van der Waals surface area contributed by atoms with Gasteiger partial charge in [-0.15, -0.1) is 0 Å². The maximum absolute atomic E-state index is 12.8. The number of carboxylic acid groups (broad SMARTS) is 1. The number of anilines is 1. The van der Waals surface area contributed by atoms with Crippen LogP contribution in [0.4, 0.5) is 5.69 Å². The Bertz CT molecular complexity index is 1420. The Hall–Kier alpha value is -4.10. The maximum atomic E-state index is 12.8. The van der Waals surface area contributed by atoms with Gasteiger partial charge >= 0.3 is 5.97 Å². The van der Waals surface area contributed by atoms with Crippen molar-refractivity contribution in [1.29, 1.82) is 0 Å². The normalized spacial score (nSPS) is 11.1. The van der Waals surface area contributed by atoms with Gasteiger partial charge in [0.1, 0.15) is 12.4 Å². The van der Waals surface area contributed by atoms with E-state index in [1.807, 2.05) is 48.5 Å². The minimum atomic E-state index is -3.74. The number of hydrogen-bond donors (Lipinski definition) is 2. The Kier molecular flexibility index (Phi) is 8.02. The molecular formula is C29H27NO5S. The Labute approximate surface area is 211 Å². The third-order valence-electron chi connectivity index (χ3n) is 5.75. The van der Waals surface area contributed by atoms with Gasteiger partial charge in [0.05, 0.1) is 16.1 Å². The number of hydrogen-bond acceptors (Lipinski definition) is 4. The van der Waals surface area contributed by atoms with Gasteiger partial charge in [0.25, 0.3) is 10.0 Å². The SMILES string of the molecule is O=C(O)c1ccccc1CCCc1ccc(NS(=O)(=O)c2ccccc2)cc1OCc1ccccc1. The molecule has 0 atom stereocenters. The van der Waals surface area contributed by atoms with E-state index in [2.05, 4.69) is 4.72 Å². The van der Waals surface area contributed by atoms with Crippen molar-refractivity contribution in [3.05, 3.63) is 125 Å². The van der Waals surface area contributed by atoms with Gasteiger partial charge < -0.3 is 9.84 Å². The molecule has 6 nitrogen and oxygen atoms in total. The van der Waals surface area contributed by atoms with Crippen LogP contribution in [0.2, 0.25) is 0 Å². The van der Waals surface area contributed by atoms with Crippen LogP contribution in [0.15, 0.2) is 108 Å². The predicted octanol–water partition coefficient (Wildman–Crippen LogP) is 5.94. The largest absolute Gasteiger partial charge is 0.489 e. The number of carbonyl (C=O) groups is 1. The number of rotatable bonds is 11. The molecule has 4 aromatic rings. The third kappa shape index (κ3) is 6.52. The zero-order valence-corrected chi connectivity index (χ0v) is 20.4. The molecule has 0 bridgehead atoms. The smallest absolute Gasteiger partial charge is 0.335 e. The van der Waals surface area contributed by atoms with Crippen LogP contribution in [0.3, 0.4) is 0 Å². The molecule has 0 aliphatic heterocycles. The van der Waals surface area contributed by atoms with Crippen molar-refractivity contribution >= 4 is 21.7 Å². The van der Waals surface area contributed by atoms with E-state index in [-0.39, 0.29) is 4.90 Å². The van der Waals surface area contributed by atoms with E-state index in [0.29, 0.717) is 42.9 Å². The lowest BCUT2D eigenvalue weighted by Crippen LogP contribution is -2.13. The van der Waals surface area contributed by atoms with Crippen LogP contribution in [-0.2, 0) is 29.5 Å². The molecule has 4 rings (SSSR count). The van der Waals surface area contributed by atoms with E-state index in [1.165, 1.54) is 0 Å². The Morgan fingerprint density at radius 3 is 2.14 bits per heavy atom. The molecular weight excluding hydrogens is 474 g/mol. The molecule has 0 amide bonds. The molecule has 0 spiro atoms. The van der Waals surface area contributed by atoms with Gasteiger partial charge in [0.15, 0.2) is 0 Å². The molecule has 0 aromatic heterocycles. The van der Waals surface area contributed by atoms with Crippen molar-refractivity contribution in [2.45, 2.75) is 30.8 Å². The molecule has 0 unspecified atom stereocenters. The number of aryl methyl sites for hydroxylation is 2. The molecule has 184 valence electrons. The molecule has 0 heterocycles. The quantitative estimate of drug-likeness (QED) is 0.265. The van der Waals surface area contributed by atoms with Crippen molar-refractivity contribution in [3.63, 3.8) is 0 Å². The van der Waals surface area contributed by atoms with Crippen LogP contribution in [0.5, 0.6) is 5.75 Å². The lowest BCUT2D eigenvalue weighted by Gasteiger charge is -2.15. The zero-order valence-electron chi connectivity index (χ0n) is 19.6. The second-order valence-corrected chi connectivity index (χ2v) is 10.0. The fourth-order valence-corrected chi connectivity index (χ4v) is 4.99. The molecule has 0 radical (unpaired) electrons. The van der Waals surface area contributed by atoms with Crippen molar-refractivity contribution in [3.8, 4) is 5.75 Å². The first-order valence-electron chi connectivity index (χ1n) is 11.6. The van der Waals surface area contributed by atoms with Crippen molar-refractivity contribution in [1.82, 2.24) is 0 Å². The second kappa shape index (κ2) is 11.6. The highest BCUT2D eigenvalue weighted by Gasteiger charge is 2.16. The van der Waals surface area contributed by atoms with Crippen molar-refractivity contribution in [2.24, 2.45) is 0 Å². The van der Waals surface area contributed by atoms with Gasteiger partial charge in [0.2, 0.25) is 0 Å². The summed E-state index contributed by atoms with van der Waals surface area (Å²) in [5, 5.41) is 9.43. The van der Waals surface area contributed by atoms with Crippen molar-refractivity contribution in [2.75, 3.05) is 4.72 Å². The third-order valence-corrected chi connectivity index (χ3v) is 7.15.